The lowest BCUT2D eigenvalue weighted by atomic mass is 10.1. The highest BCUT2D eigenvalue weighted by molar-refractivity contribution is 7.99. The lowest BCUT2D eigenvalue weighted by Crippen LogP contribution is -2.32. The van der Waals surface area contributed by atoms with E-state index in [2.05, 4.69) is 9.97 Å². The number of thioether (sulfide) groups is 1. The molecule has 0 aliphatic rings. The van der Waals surface area contributed by atoms with Crippen LogP contribution in [-0.4, -0.2) is 45.1 Å². The van der Waals surface area contributed by atoms with Crippen LogP contribution in [0.1, 0.15) is 19.5 Å². The molecule has 0 spiro atoms. The molecule has 2 rings (SSSR count). The summed E-state index contributed by atoms with van der Waals surface area (Å²) in [6.07, 6.45) is 0. The number of carboxylic acid groups (broad SMARTS) is 1. The number of fused-ring (bicyclic) bond motifs is 1. The molecule has 21 heavy (non-hydrogen) atoms. The Bertz CT molecular complexity index is 667. The second-order valence-corrected chi connectivity index (χ2v) is 6.40. The van der Waals surface area contributed by atoms with Crippen molar-refractivity contribution in [1.29, 1.82) is 0 Å². The first-order chi connectivity index (χ1) is 9.85. The molecule has 0 bridgehead atoms. The van der Waals surface area contributed by atoms with E-state index >= 15 is 0 Å². The van der Waals surface area contributed by atoms with E-state index in [1.807, 2.05) is 37.5 Å². The predicted molar refractivity (Wildman–Crippen MR) is 81.8 cm³/mol. The first-order valence-corrected chi connectivity index (χ1v) is 7.54. The van der Waals surface area contributed by atoms with E-state index < -0.39 is 5.97 Å². The van der Waals surface area contributed by atoms with Gasteiger partial charge in [0.1, 0.15) is 5.52 Å². The maximum atomic E-state index is 10.8. The monoisotopic (exact) mass is 309 g/mol. The van der Waals surface area contributed by atoms with E-state index in [9.17, 15) is 4.79 Å². The van der Waals surface area contributed by atoms with Gasteiger partial charge in [0.15, 0.2) is 10.8 Å². The Labute approximate surface area is 127 Å². The largest absolute Gasteiger partial charge is 0.481 e. The fourth-order valence-electron chi connectivity index (χ4n) is 2.22. The molecule has 0 radical (unpaired) electrons. The minimum absolute atomic E-state index is 0.0363. The number of hydrogen-bond acceptors (Lipinski definition) is 5. The summed E-state index contributed by atoms with van der Waals surface area (Å²) < 4.78 is 7.25. The highest BCUT2D eigenvalue weighted by Gasteiger charge is 2.27. The number of aromatic nitrogens is 3. The Morgan fingerprint density at radius 2 is 2.14 bits per heavy atom. The van der Waals surface area contributed by atoms with Gasteiger partial charge in [-0.25, -0.2) is 9.97 Å². The third-order valence-electron chi connectivity index (χ3n) is 3.04. The van der Waals surface area contributed by atoms with E-state index in [1.54, 1.807) is 7.11 Å². The minimum Gasteiger partial charge on any atom is -0.481 e. The Morgan fingerprint density at radius 3 is 2.76 bits per heavy atom. The van der Waals surface area contributed by atoms with Gasteiger partial charge in [-0.05, 0) is 32.9 Å². The summed E-state index contributed by atoms with van der Waals surface area (Å²) in [5, 5.41) is 9.54. The number of imidazole rings is 1. The molecule has 0 saturated heterocycles. The van der Waals surface area contributed by atoms with Gasteiger partial charge in [-0.2, -0.15) is 0 Å². The molecule has 6 nitrogen and oxygen atoms in total. The SMILES string of the molecule is COCC(C)(C)n1c(SCC(=O)O)nc2ccc(C)nc21. The zero-order chi connectivity index (χ0) is 15.6. The molecule has 2 aromatic rings. The van der Waals surface area contributed by atoms with Gasteiger partial charge in [-0.1, -0.05) is 11.8 Å². The van der Waals surface area contributed by atoms with Crippen molar-refractivity contribution in [3.8, 4) is 0 Å². The molecule has 0 aliphatic carbocycles. The summed E-state index contributed by atoms with van der Waals surface area (Å²) in [6.45, 7) is 6.44. The Morgan fingerprint density at radius 1 is 1.43 bits per heavy atom. The third-order valence-corrected chi connectivity index (χ3v) is 3.96. The lowest BCUT2D eigenvalue weighted by Gasteiger charge is -2.27. The van der Waals surface area contributed by atoms with Crippen molar-refractivity contribution in [2.75, 3.05) is 19.5 Å². The van der Waals surface area contributed by atoms with Gasteiger partial charge < -0.3 is 9.84 Å². The smallest absolute Gasteiger partial charge is 0.313 e. The molecule has 2 aromatic heterocycles. The minimum atomic E-state index is -0.868. The average molecular weight is 309 g/mol. The van der Waals surface area contributed by atoms with Gasteiger partial charge in [-0.15, -0.1) is 0 Å². The Hall–Kier alpha value is -1.60. The first kappa shape index (κ1) is 15.8. The highest BCUT2D eigenvalue weighted by Crippen LogP contribution is 2.30. The number of aryl methyl sites for hydroxylation is 1. The van der Waals surface area contributed by atoms with Crippen LogP contribution in [-0.2, 0) is 15.1 Å². The highest BCUT2D eigenvalue weighted by atomic mass is 32.2. The molecule has 0 atom stereocenters. The average Bonchev–Trinajstić information content (AvgIpc) is 2.74. The van der Waals surface area contributed by atoms with Crippen LogP contribution in [0, 0.1) is 6.92 Å². The molecule has 0 unspecified atom stereocenters. The van der Waals surface area contributed by atoms with Gasteiger partial charge in [0.2, 0.25) is 0 Å². The second-order valence-electron chi connectivity index (χ2n) is 5.45. The van der Waals surface area contributed by atoms with E-state index in [-0.39, 0.29) is 11.3 Å². The number of hydrogen-bond donors (Lipinski definition) is 1. The van der Waals surface area contributed by atoms with Crippen LogP contribution in [0.3, 0.4) is 0 Å². The van der Waals surface area contributed by atoms with Crippen LogP contribution in [0.15, 0.2) is 17.3 Å². The quantitative estimate of drug-likeness (QED) is 0.825. The summed E-state index contributed by atoms with van der Waals surface area (Å²) >= 11 is 1.20. The van der Waals surface area contributed by atoms with Crippen molar-refractivity contribution in [3.63, 3.8) is 0 Å². The fraction of sp³-hybridized carbons (Fsp3) is 0.500. The van der Waals surface area contributed by atoms with Crippen LogP contribution >= 0.6 is 11.8 Å². The van der Waals surface area contributed by atoms with Crippen molar-refractivity contribution < 1.29 is 14.6 Å². The van der Waals surface area contributed by atoms with Crippen LogP contribution < -0.4 is 0 Å². The van der Waals surface area contributed by atoms with Crippen molar-refractivity contribution in [1.82, 2.24) is 14.5 Å². The first-order valence-electron chi connectivity index (χ1n) is 6.55. The van der Waals surface area contributed by atoms with E-state index in [1.165, 1.54) is 11.8 Å². The van der Waals surface area contributed by atoms with Crippen molar-refractivity contribution in [3.05, 3.63) is 17.8 Å². The number of aliphatic carboxylic acids is 1. The number of nitrogens with zero attached hydrogens (tertiary/aromatic N) is 3. The maximum absolute atomic E-state index is 10.8. The molecule has 0 fully saturated rings. The van der Waals surface area contributed by atoms with Crippen LogP contribution in [0.2, 0.25) is 0 Å². The summed E-state index contributed by atoms with van der Waals surface area (Å²) in [5.74, 6) is -0.905. The maximum Gasteiger partial charge on any atom is 0.313 e. The molecule has 114 valence electrons. The molecule has 0 aliphatic heterocycles. The number of ether oxygens (including phenoxy) is 1. The van der Waals surface area contributed by atoms with Crippen LogP contribution in [0.4, 0.5) is 0 Å². The third kappa shape index (κ3) is 3.36. The molecule has 7 heteroatoms. The van der Waals surface area contributed by atoms with Gasteiger partial charge in [-0.3, -0.25) is 9.36 Å². The predicted octanol–water partition coefficient (Wildman–Crippen LogP) is 2.30. The molecular weight excluding hydrogens is 290 g/mol. The molecule has 2 heterocycles. The number of rotatable bonds is 6. The molecule has 0 saturated carbocycles. The van der Waals surface area contributed by atoms with Gasteiger partial charge in [0, 0.05) is 12.8 Å². The fourth-order valence-corrected chi connectivity index (χ4v) is 3.10. The zero-order valence-electron chi connectivity index (χ0n) is 12.6. The van der Waals surface area contributed by atoms with E-state index in [4.69, 9.17) is 9.84 Å². The zero-order valence-corrected chi connectivity index (χ0v) is 13.4. The van der Waals surface area contributed by atoms with Gasteiger partial charge in [0.05, 0.1) is 17.9 Å². The number of carboxylic acids is 1. The summed E-state index contributed by atoms with van der Waals surface area (Å²) in [4.78, 5) is 19.9. The van der Waals surface area contributed by atoms with Gasteiger partial charge >= 0.3 is 5.97 Å². The van der Waals surface area contributed by atoms with Crippen LogP contribution in [0.25, 0.3) is 11.2 Å². The summed E-state index contributed by atoms with van der Waals surface area (Å²) in [6, 6.07) is 3.80. The molecule has 0 amide bonds. The van der Waals surface area contributed by atoms with Crippen molar-refractivity contribution >= 4 is 28.9 Å². The molecular formula is C14H19N3O3S. The topological polar surface area (TPSA) is 77.2 Å². The second kappa shape index (κ2) is 6.03. The van der Waals surface area contributed by atoms with Crippen molar-refractivity contribution in [2.24, 2.45) is 0 Å². The number of carbonyl (C=O) groups is 1. The van der Waals surface area contributed by atoms with E-state index in [0.717, 1.165) is 16.9 Å². The summed E-state index contributed by atoms with van der Waals surface area (Å²) in [5.41, 5.74) is 2.04. The van der Waals surface area contributed by atoms with Crippen molar-refractivity contribution in [2.45, 2.75) is 31.5 Å². The number of methoxy groups -OCH3 is 1. The standard InChI is InChI=1S/C14H19N3O3S/c1-9-5-6-10-12(15-9)17(14(2,3)8-20-4)13(16-10)21-7-11(18)19/h5-6H,7-8H2,1-4H3,(H,18,19). The Kier molecular flexibility index (Phi) is 4.53. The molecule has 0 aromatic carbocycles. The Balaban J connectivity index is 2.58. The molecule has 1 N–H and O–H groups in total. The van der Waals surface area contributed by atoms with Crippen LogP contribution in [0.5, 0.6) is 0 Å². The summed E-state index contributed by atoms with van der Waals surface area (Å²) in [7, 11) is 1.64. The number of pyridine rings is 1. The lowest BCUT2D eigenvalue weighted by molar-refractivity contribution is -0.133. The van der Waals surface area contributed by atoms with Gasteiger partial charge in [0.25, 0.3) is 0 Å². The normalized spacial score (nSPS) is 12.0. The van der Waals surface area contributed by atoms with E-state index in [0.29, 0.717) is 11.8 Å².